The zero-order valence-corrected chi connectivity index (χ0v) is 14.0. The largest absolute Gasteiger partial charge is 0.392 e. The Hall–Kier alpha value is -3.12. The number of aromatic amines is 1. The number of pyridine rings is 1. The van der Waals surface area contributed by atoms with E-state index in [0.717, 1.165) is 44.8 Å². The molecule has 6 heteroatoms. The first-order valence-electron chi connectivity index (χ1n) is 8.07. The normalized spacial score (nSPS) is 11.3. The number of imidazole rings is 1. The smallest absolute Gasteiger partial charge is 0.139 e. The Labute approximate surface area is 144 Å². The second-order valence-corrected chi connectivity index (χ2v) is 6.08. The van der Waals surface area contributed by atoms with Gasteiger partial charge >= 0.3 is 0 Å². The van der Waals surface area contributed by atoms with Crippen LogP contribution in [0.4, 0.5) is 5.69 Å². The zero-order chi connectivity index (χ0) is 17.4. The molecule has 25 heavy (non-hydrogen) atoms. The molecular weight excluding hydrogens is 314 g/mol. The maximum atomic E-state index is 9.11. The minimum absolute atomic E-state index is 0.0444. The van der Waals surface area contributed by atoms with Gasteiger partial charge in [0, 0.05) is 36.4 Å². The Kier molecular flexibility index (Phi) is 3.74. The number of rotatable bonds is 5. The van der Waals surface area contributed by atoms with Gasteiger partial charge in [0.1, 0.15) is 17.0 Å². The van der Waals surface area contributed by atoms with Crippen LogP contribution in [0.15, 0.2) is 55.0 Å². The number of nitrogens with zero attached hydrogens (tertiary/aromatic N) is 3. The fourth-order valence-corrected chi connectivity index (χ4v) is 3.05. The van der Waals surface area contributed by atoms with E-state index in [9.17, 15) is 0 Å². The molecule has 4 rings (SSSR count). The highest BCUT2D eigenvalue weighted by molar-refractivity contribution is 6.01. The molecule has 0 atom stereocenters. The van der Waals surface area contributed by atoms with Crippen molar-refractivity contribution in [3.63, 3.8) is 0 Å². The molecule has 0 fully saturated rings. The minimum Gasteiger partial charge on any atom is -0.392 e. The summed E-state index contributed by atoms with van der Waals surface area (Å²) in [6.07, 6.45) is 4.29. The van der Waals surface area contributed by atoms with Crippen LogP contribution in [0, 0.1) is 0 Å². The number of hydrogen-bond donors (Lipinski definition) is 3. The highest BCUT2D eigenvalue weighted by atomic mass is 16.3. The lowest BCUT2D eigenvalue weighted by Gasteiger charge is -2.10. The fraction of sp³-hybridized carbons (Fsp3) is 0.158. The molecule has 1 aromatic carbocycles. The first-order chi connectivity index (χ1) is 12.2. The Balaban J connectivity index is 1.59. The molecule has 4 aromatic rings. The van der Waals surface area contributed by atoms with Gasteiger partial charge in [-0.1, -0.05) is 18.7 Å². The summed E-state index contributed by atoms with van der Waals surface area (Å²) in [5.74, 6) is 0.926. The molecule has 0 saturated carbocycles. The number of allylic oxidation sites excluding steroid dienone is 1. The zero-order valence-electron chi connectivity index (χ0n) is 14.0. The molecule has 0 unspecified atom stereocenters. The molecule has 0 aliphatic rings. The van der Waals surface area contributed by atoms with Crippen LogP contribution in [-0.2, 0) is 20.1 Å². The third-order valence-corrected chi connectivity index (χ3v) is 4.34. The van der Waals surface area contributed by atoms with E-state index >= 15 is 0 Å². The fourth-order valence-electron chi connectivity index (χ4n) is 3.05. The van der Waals surface area contributed by atoms with E-state index < -0.39 is 0 Å². The Morgan fingerprint density at radius 3 is 2.84 bits per heavy atom. The molecule has 0 spiro atoms. The predicted molar refractivity (Wildman–Crippen MR) is 99.2 cm³/mol. The molecule has 0 aliphatic heterocycles. The highest BCUT2D eigenvalue weighted by Crippen LogP contribution is 2.24. The summed E-state index contributed by atoms with van der Waals surface area (Å²) in [5.41, 5.74) is 5.49. The minimum atomic E-state index is 0.0444. The second kappa shape index (κ2) is 6.07. The number of anilines is 1. The van der Waals surface area contributed by atoms with Crippen LogP contribution in [0.3, 0.4) is 0 Å². The standard InChI is InChI=1S/C19H19N5O/c1-12(22-14-5-3-13(11-25)4-6-14)9-17-23-16-10-21-19-15(7-8-20-19)18(16)24(17)2/h3-8,10,22,25H,1,9,11H2,2H3,(H,20,21). The Bertz CT molecular complexity index is 1060. The summed E-state index contributed by atoms with van der Waals surface area (Å²) in [6.45, 7) is 4.16. The van der Waals surface area contributed by atoms with Gasteiger partial charge in [-0.2, -0.15) is 0 Å². The highest BCUT2D eigenvalue weighted by Gasteiger charge is 2.13. The van der Waals surface area contributed by atoms with Gasteiger partial charge in [-0.15, -0.1) is 0 Å². The van der Waals surface area contributed by atoms with Crippen molar-refractivity contribution in [1.29, 1.82) is 0 Å². The number of nitrogens with one attached hydrogen (secondary N) is 2. The number of aliphatic hydroxyl groups excluding tert-OH is 1. The molecular formula is C19H19N5O. The van der Waals surface area contributed by atoms with Crippen molar-refractivity contribution < 1.29 is 5.11 Å². The summed E-state index contributed by atoms with van der Waals surface area (Å²) in [7, 11) is 2.01. The molecule has 3 N–H and O–H groups in total. The maximum Gasteiger partial charge on any atom is 0.139 e. The lowest BCUT2D eigenvalue weighted by molar-refractivity contribution is 0.282. The number of hydrogen-bond acceptors (Lipinski definition) is 4. The van der Waals surface area contributed by atoms with Crippen molar-refractivity contribution >= 4 is 27.8 Å². The molecule has 0 saturated heterocycles. The summed E-state index contributed by atoms with van der Waals surface area (Å²) >= 11 is 0. The third-order valence-electron chi connectivity index (χ3n) is 4.34. The molecule has 0 radical (unpaired) electrons. The van der Waals surface area contributed by atoms with E-state index in [1.165, 1.54) is 0 Å². The number of aliphatic hydroxyl groups is 1. The topological polar surface area (TPSA) is 78.8 Å². The Morgan fingerprint density at radius 1 is 1.28 bits per heavy atom. The van der Waals surface area contributed by atoms with Crippen LogP contribution < -0.4 is 5.32 Å². The SMILES string of the molecule is C=C(Cc1nc2cnc3[nH]ccc3c2n1C)Nc1ccc(CO)cc1. The van der Waals surface area contributed by atoms with E-state index in [4.69, 9.17) is 10.1 Å². The summed E-state index contributed by atoms with van der Waals surface area (Å²) < 4.78 is 2.09. The van der Waals surface area contributed by atoms with Gasteiger partial charge in [0.05, 0.1) is 18.3 Å². The van der Waals surface area contributed by atoms with Crippen molar-refractivity contribution in [2.24, 2.45) is 7.05 Å². The van der Waals surface area contributed by atoms with E-state index in [1.54, 1.807) is 6.20 Å². The second-order valence-electron chi connectivity index (χ2n) is 6.08. The third kappa shape index (κ3) is 2.77. The van der Waals surface area contributed by atoms with Crippen molar-refractivity contribution in [3.05, 3.63) is 66.4 Å². The van der Waals surface area contributed by atoms with Crippen LogP contribution in [0.1, 0.15) is 11.4 Å². The monoisotopic (exact) mass is 333 g/mol. The molecule has 6 nitrogen and oxygen atoms in total. The first kappa shape index (κ1) is 15.4. The van der Waals surface area contributed by atoms with E-state index in [-0.39, 0.29) is 6.61 Å². The van der Waals surface area contributed by atoms with Gasteiger partial charge in [-0.05, 0) is 23.8 Å². The van der Waals surface area contributed by atoms with Crippen LogP contribution >= 0.6 is 0 Å². The first-order valence-corrected chi connectivity index (χ1v) is 8.07. The lowest BCUT2D eigenvalue weighted by atomic mass is 10.2. The average molecular weight is 333 g/mol. The van der Waals surface area contributed by atoms with E-state index in [0.29, 0.717) is 6.42 Å². The number of benzene rings is 1. The molecule has 0 amide bonds. The number of fused-ring (bicyclic) bond motifs is 3. The summed E-state index contributed by atoms with van der Waals surface area (Å²) in [6, 6.07) is 9.65. The van der Waals surface area contributed by atoms with Crippen molar-refractivity contribution in [2.75, 3.05) is 5.32 Å². The lowest BCUT2D eigenvalue weighted by Crippen LogP contribution is -2.06. The van der Waals surface area contributed by atoms with Crippen LogP contribution in [0.25, 0.3) is 22.1 Å². The maximum absolute atomic E-state index is 9.11. The number of aromatic nitrogens is 4. The molecule has 3 heterocycles. The van der Waals surface area contributed by atoms with Crippen molar-refractivity contribution in [1.82, 2.24) is 19.5 Å². The van der Waals surface area contributed by atoms with Crippen LogP contribution in [-0.4, -0.2) is 24.6 Å². The van der Waals surface area contributed by atoms with Gasteiger partial charge < -0.3 is 20.0 Å². The van der Waals surface area contributed by atoms with Gasteiger partial charge in [-0.3, -0.25) is 0 Å². The summed E-state index contributed by atoms with van der Waals surface area (Å²) in [4.78, 5) is 12.2. The Morgan fingerprint density at radius 2 is 2.08 bits per heavy atom. The molecule has 0 bridgehead atoms. The van der Waals surface area contributed by atoms with Gasteiger partial charge in [-0.25, -0.2) is 9.97 Å². The van der Waals surface area contributed by atoms with Crippen molar-refractivity contribution in [2.45, 2.75) is 13.0 Å². The van der Waals surface area contributed by atoms with Gasteiger partial charge in [0.25, 0.3) is 0 Å². The summed E-state index contributed by atoms with van der Waals surface area (Å²) in [5, 5.41) is 13.5. The molecule has 0 aliphatic carbocycles. The number of H-pyrrole nitrogens is 1. The quantitative estimate of drug-likeness (QED) is 0.524. The van der Waals surface area contributed by atoms with E-state index in [2.05, 4.69) is 26.4 Å². The average Bonchev–Trinajstić information content (AvgIpc) is 3.20. The van der Waals surface area contributed by atoms with Gasteiger partial charge in [0.2, 0.25) is 0 Å². The van der Waals surface area contributed by atoms with Crippen molar-refractivity contribution in [3.8, 4) is 0 Å². The predicted octanol–water partition coefficient (Wildman–Crippen LogP) is 3.11. The van der Waals surface area contributed by atoms with Crippen LogP contribution in [0.5, 0.6) is 0 Å². The molecule has 126 valence electrons. The van der Waals surface area contributed by atoms with Crippen LogP contribution in [0.2, 0.25) is 0 Å². The molecule has 3 aromatic heterocycles. The van der Waals surface area contributed by atoms with Gasteiger partial charge in [0.15, 0.2) is 0 Å². The van der Waals surface area contributed by atoms with E-state index in [1.807, 2.05) is 43.6 Å². The number of aryl methyl sites for hydroxylation is 1.